The Kier molecular flexibility index (Phi) is 5.10. The first-order valence-electron chi connectivity index (χ1n) is 6.66. The second-order valence-corrected chi connectivity index (χ2v) is 5.43. The van der Waals surface area contributed by atoms with Crippen molar-refractivity contribution >= 4 is 40.5 Å². The van der Waals surface area contributed by atoms with Crippen LogP contribution in [0, 0.1) is 0 Å². The van der Waals surface area contributed by atoms with Crippen LogP contribution in [0.15, 0.2) is 42.5 Å². The summed E-state index contributed by atoms with van der Waals surface area (Å²) in [5, 5.41) is 0.650. The van der Waals surface area contributed by atoms with Gasteiger partial charge in [0.2, 0.25) is 0 Å². The van der Waals surface area contributed by atoms with E-state index in [0.29, 0.717) is 22.8 Å². The Hall–Kier alpha value is -1.71. The molecule has 2 aromatic carbocycles. The molecular formula is C16H16Cl2N2O. The van der Waals surface area contributed by atoms with Crippen LogP contribution in [-0.2, 0) is 0 Å². The number of nitrogens with two attached hydrogens (primary N) is 1. The van der Waals surface area contributed by atoms with E-state index in [1.807, 2.05) is 19.1 Å². The van der Waals surface area contributed by atoms with E-state index < -0.39 is 0 Å². The largest absolute Gasteiger partial charge is 0.399 e. The summed E-state index contributed by atoms with van der Waals surface area (Å²) < 4.78 is 0. The summed E-state index contributed by atoms with van der Waals surface area (Å²) in [5.41, 5.74) is 7.53. The Bertz CT molecular complexity index is 641. The molecule has 0 aliphatic rings. The highest BCUT2D eigenvalue weighted by Crippen LogP contribution is 2.28. The van der Waals surface area contributed by atoms with Gasteiger partial charge >= 0.3 is 0 Å². The summed E-state index contributed by atoms with van der Waals surface area (Å²) in [6, 6.07) is 12.2. The standard InChI is InChI=1S/C16H16Cl2N2O/c1-2-10-20(12-8-6-11(19)7-9-12)16(21)13-4-3-5-14(17)15(13)18/h3-9H,2,10,19H2,1H3. The maximum absolute atomic E-state index is 12.7. The topological polar surface area (TPSA) is 46.3 Å². The molecule has 2 N–H and O–H groups in total. The van der Waals surface area contributed by atoms with E-state index in [0.717, 1.165) is 12.1 Å². The number of carbonyl (C=O) groups excluding carboxylic acids is 1. The number of rotatable bonds is 4. The summed E-state index contributed by atoms with van der Waals surface area (Å²) in [5.74, 6) is -0.172. The molecule has 3 nitrogen and oxygen atoms in total. The number of nitrogen functional groups attached to an aromatic ring is 1. The Morgan fingerprint density at radius 2 is 1.81 bits per heavy atom. The van der Waals surface area contributed by atoms with Gasteiger partial charge < -0.3 is 10.6 Å². The van der Waals surface area contributed by atoms with Gasteiger partial charge in [-0.25, -0.2) is 0 Å². The zero-order valence-corrected chi connectivity index (χ0v) is 13.2. The lowest BCUT2D eigenvalue weighted by molar-refractivity contribution is 0.0987. The first-order chi connectivity index (χ1) is 10.0. The van der Waals surface area contributed by atoms with E-state index in [2.05, 4.69) is 0 Å². The van der Waals surface area contributed by atoms with Crippen molar-refractivity contribution in [3.8, 4) is 0 Å². The van der Waals surface area contributed by atoms with Crippen LogP contribution >= 0.6 is 23.2 Å². The second-order valence-electron chi connectivity index (χ2n) is 4.65. The molecule has 0 aromatic heterocycles. The summed E-state index contributed by atoms with van der Waals surface area (Å²) in [4.78, 5) is 14.4. The van der Waals surface area contributed by atoms with Crippen LogP contribution in [-0.4, -0.2) is 12.5 Å². The number of halogens is 2. The Morgan fingerprint density at radius 3 is 2.43 bits per heavy atom. The van der Waals surface area contributed by atoms with Gasteiger partial charge in [0.1, 0.15) is 0 Å². The third-order valence-corrected chi connectivity index (χ3v) is 3.90. The van der Waals surface area contributed by atoms with Gasteiger partial charge in [-0.2, -0.15) is 0 Å². The molecule has 0 heterocycles. The van der Waals surface area contributed by atoms with Crippen molar-refractivity contribution in [1.29, 1.82) is 0 Å². The summed E-state index contributed by atoms with van der Waals surface area (Å²) in [7, 11) is 0. The summed E-state index contributed by atoms with van der Waals surface area (Å²) >= 11 is 12.1. The Balaban J connectivity index is 2.40. The minimum absolute atomic E-state index is 0.172. The molecule has 2 aromatic rings. The molecule has 0 saturated heterocycles. The average molecular weight is 323 g/mol. The molecular weight excluding hydrogens is 307 g/mol. The Labute approximate surface area is 134 Å². The third kappa shape index (κ3) is 3.49. The van der Waals surface area contributed by atoms with Crippen molar-refractivity contribution in [2.45, 2.75) is 13.3 Å². The molecule has 2 rings (SSSR count). The van der Waals surface area contributed by atoms with Gasteiger partial charge in [-0.3, -0.25) is 4.79 Å². The minimum atomic E-state index is -0.172. The van der Waals surface area contributed by atoms with E-state index in [1.54, 1.807) is 35.2 Å². The second kappa shape index (κ2) is 6.83. The summed E-state index contributed by atoms with van der Waals surface area (Å²) in [6.45, 7) is 2.60. The fourth-order valence-corrected chi connectivity index (χ4v) is 2.42. The predicted molar refractivity (Wildman–Crippen MR) is 89.3 cm³/mol. The quantitative estimate of drug-likeness (QED) is 0.834. The van der Waals surface area contributed by atoms with Crippen molar-refractivity contribution in [2.75, 3.05) is 17.2 Å². The van der Waals surface area contributed by atoms with Crippen LogP contribution in [0.2, 0.25) is 10.0 Å². The first kappa shape index (κ1) is 15.7. The van der Waals surface area contributed by atoms with E-state index in [4.69, 9.17) is 28.9 Å². The minimum Gasteiger partial charge on any atom is -0.399 e. The number of hydrogen-bond acceptors (Lipinski definition) is 2. The van der Waals surface area contributed by atoms with Gasteiger partial charge in [0, 0.05) is 17.9 Å². The molecule has 0 bridgehead atoms. The van der Waals surface area contributed by atoms with Crippen LogP contribution in [0.5, 0.6) is 0 Å². The monoisotopic (exact) mass is 322 g/mol. The number of nitrogens with zero attached hydrogens (tertiary/aromatic N) is 1. The van der Waals surface area contributed by atoms with Crippen molar-refractivity contribution in [1.82, 2.24) is 0 Å². The lowest BCUT2D eigenvalue weighted by atomic mass is 10.1. The fraction of sp³-hybridized carbons (Fsp3) is 0.188. The third-order valence-electron chi connectivity index (χ3n) is 3.08. The molecule has 1 amide bonds. The lowest BCUT2D eigenvalue weighted by Gasteiger charge is -2.23. The fourth-order valence-electron chi connectivity index (χ4n) is 2.04. The van der Waals surface area contributed by atoms with Gasteiger partial charge in [0.15, 0.2) is 0 Å². The molecule has 0 radical (unpaired) electrons. The molecule has 21 heavy (non-hydrogen) atoms. The van der Waals surface area contributed by atoms with Crippen molar-refractivity contribution in [3.63, 3.8) is 0 Å². The molecule has 0 spiro atoms. The predicted octanol–water partition coefficient (Wildman–Crippen LogP) is 4.63. The van der Waals surface area contributed by atoms with Gasteiger partial charge in [-0.05, 0) is 42.8 Å². The number of hydrogen-bond donors (Lipinski definition) is 1. The SMILES string of the molecule is CCCN(C(=O)c1cccc(Cl)c1Cl)c1ccc(N)cc1. The van der Waals surface area contributed by atoms with Crippen LogP contribution in [0.25, 0.3) is 0 Å². The maximum atomic E-state index is 12.7. The van der Waals surface area contributed by atoms with Crippen LogP contribution in [0.1, 0.15) is 23.7 Å². The van der Waals surface area contributed by atoms with Gasteiger partial charge in [0.25, 0.3) is 5.91 Å². The molecule has 0 unspecified atom stereocenters. The van der Waals surface area contributed by atoms with Crippen LogP contribution in [0.4, 0.5) is 11.4 Å². The number of carbonyl (C=O) groups is 1. The van der Waals surface area contributed by atoms with E-state index >= 15 is 0 Å². The van der Waals surface area contributed by atoms with Crippen molar-refractivity contribution in [3.05, 3.63) is 58.1 Å². The highest BCUT2D eigenvalue weighted by Gasteiger charge is 2.20. The zero-order chi connectivity index (χ0) is 15.4. The lowest BCUT2D eigenvalue weighted by Crippen LogP contribution is -2.31. The van der Waals surface area contributed by atoms with E-state index in [1.165, 1.54) is 0 Å². The van der Waals surface area contributed by atoms with Crippen molar-refractivity contribution in [2.24, 2.45) is 0 Å². The molecule has 0 aliphatic heterocycles. The summed E-state index contributed by atoms with van der Waals surface area (Å²) in [6.07, 6.45) is 0.828. The average Bonchev–Trinajstić information content (AvgIpc) is 2.48. The molecule has 0 saturated carbocycles. The maximum Gasteiger partial charge on any atom is 0.259 e. The molecule has 5 heteroatoms. The highest BCUT2D eigenvalue weighted by molar-refractivity contribution is 6.44. The Morgan fingerprint density at radius 1 is 1.14 bits per heavy atom. The molecule has 0 fully saturated rings. The number of amides is 1. The highest BCUT2D eigenvalue weighted by atomic mass is 35.5. The molecule has 0 atom stereocenters. The normalized spacial score (nSPS) is 10.4. The van der Waals surface area contributed by atoms with Crippen LogP contribution < -0.4 is 10.6 Å². The van der Waals surface area contributed by atoms with E-state index in [-0.39, 0.29) is 10.9 Å². The van der Waals surface area contributed by atoms with Crippen molar-refractivity contribution < 1.29 is 4.79 Å². The number of anilines is 2. The van der Waals surface area contributed by atoms with Gasteiger partial charge in [-0.1, -0.05) is 36.2 Å². The van der Waals surface area contributed by atoms with Gasteiger partial charge in [0.05, 0.1) is 15.6 Å². The number of benzene rings is 2. The molecule has 0 aliphatic carbocycles. The first-order valence-corrected chi connectivity index (χ1v) is 7.41. The van der Waals surface area contributed by atoms with Gasteiger partial charge in [-0.15, -0.1) is 0 Å². The smallest absolute Gasteiger partial charge is 0.259 e. The van der Waals surface area contributed by atoms with E-state index in [9.17, 15) is 4.79 Å². The van der Waals surface area contributed by atoms with Crippen LogP contribution in [0.3, 0.4) is 0 Å². The molecule has 110 valence electrons. The zero-order valence-electron chi connectivity index (χ0n) is 11.6.